The van der Waals surface area contributed by atoms with Crippen molar-refractivity contribution in [1.29, 1.82) is 0 Å². The van der Waals surface area contributed by atoms with E-state index < -0.39 is 0 Å². The molecule has 1 heterocycles. The zero-order valence-electron chi connectivity index (χ0n) is 6.34. The van der Waals surface area contributed by atoms with Crippen molar-refractivity contribution < 1.29 is 3.92 Å². The summed E-state index contributed by atoms with van der Waals surface area (Å²) in [4.78, 5) is 0. The fourth-order valence-electron chi connectivity index (χ4n) is 1.58. The second kappa shape index (κ2) is 2.98. The van der Waals surface area contributed by atoms with Crippen LogP contribution in [0.5, 0.6) is 0 Å². The van der Waals surface area contributed by atoms with Crippen LogP contribution >= 0.6 is 0 Å². The predicted molar refractivity (Wildman–Crippen MR) is 46.0 cm³/mol. The average molecular weight is 212 g/mol. The summed E-state index contributed by atoms with van der Waals surface area (Å²) in [7, 11) is 0. The van der Waals surface area contributed by atoms with Crippen molar-refractivity contribution >= 4 is 21.9 Å². The van der Waals surface area contributed by atoms with Gasteiger partial charge in [0, 0.05) is 0 Å². The topological polar surface area (TPSA) is 4.44 Å². The van der Waals surface area contributed by atoms with Crippen LogP contribution in [0.2, 0.25) is 0 Å². The van der Waals surface area contributed by atoms with Gasteiger partial charge in [-0.2, -0.15) is 0 Å². The number of hydrogen-bond acceptors (Lipinski definition) is 0. The molecule has 0 radical (unpaired) electrons. The molecule has 58 valence electrons. The molecule has 0 amide bonds. The van der Waals surface area contributed by atoms with Crippen molar-refractivity contribution in [2.24, 2.45) is 0 Å². The van der Waals surface area contributed by atoms with Crippen molar-refractivity contribution in [3.8, 4) is 0 Å². The molecule has 0 aliphatic carbocycles. The van der Waals surface area contributed by atoms with E-state index in [-0.39, 0.29) is 0 Å². The fourth-order valence-corrected chi connectivity index (χ4v) is 2.31. The molecule has 11 heavy (non-hydrogen) atoms. The molecule has 1 aliphatic rings. The fraction of sp³-hybridized carbons (Fsp3) is 0.333. The van der Waals surface area contributed by atoms with Gasteiger partial charge in [-0.25, -0.2) is 0 Å². The molecule has 1 unspecified atom stereocenters. The molecule has 0 bridgehead atoms. The third-order valence-corrected chi connectivity index (χ3v) is 3.06. The first-order valence-corrected chi connectivity index (χ1v) is 4.85. The van der Waals surface area contributed by atoms with Gasteiger partial charge in [-0.05, 0) is 0 Å². The van der Waals surface area contributed by atoms with E-state index >= 15 is 0 Å². The van der Waals surface area contributed by atoms with Gasteiger partial charge in [-0.15, -0.1) is 0 Å². The zero-order chi connectivity index (χ0) is 7.68. The number of aryl methyl sites for hydroxylation is 1. The Balaban J connectivity index is 2.44. The van der Waals surface area contributed by atoms with Crippen LogP contribution in [0.15, 0.2) is 24.3 Å². The minimum absolute atomic E-state index is 1.23. The molecule has 0 saturated heterocycles. The van der Waals surface area contributed by atoms with Gasteiger partial charge in [-0.3, -0.25) is 0 Å². The van der Waals surface area contributed by atoms with Gasteiger partial charge in [-0.1, -0.05) is 0 Å². The Morgan fingerprint density at radius 3 is 2.91 bits per heavy atom. The Bertz CT molecular complexity index is 259. The average Bonchev–Trinajstić information content (AvgIpc) is 2.06. The van der Waals surface area contributed by atoms with Crippen molar-refractivity contribution in [2.75, 3.05) is 6.54 Å². The molecular formula is C9H11NSe. The number of quaternary nitrogens is 1. The van der Waals surface area contributed by atoms with E-state index in [0.717, 1.165) is 0 Å². The van der Waals surface area contributed by atoms with Crippen molar-refractivity contribution in [2.45, 2.75) is 12.8 Å². The van der Waals surface area contributed by atoms with Crippen LogP contribution in [0.1, 0.15) is 12.0 Å². The molecule has 1 nitrogen and oxygen atoms in total. The molecule has 1 atom stereocenters. The second-order valence-electron chi connectivity index (χ2n) is 2.93. The Morgan fingerprint density at radius 1 is 1.27 bits per heavy atom. The molecule has 1 N–H and O–H groups in total. The normalized spacial score (nSPS) is 22.8. The maximum absolute atomic E-state index is 3.15. The van der Waals surface area contributed by atoms with Crippen molar-refractivity contribution in [3.05, 3.63) is 29.8 Å². The van der Waals surface area contributed by atoms with E-state index in [9.17, 15) is 0 Å². The summed E-state index contributed by atoms with van der Waals surface area (Å²) >= 11 is 3.15. The van der Waals surface area contributed by atoms with Gasteiger partial charge >= 0.3 is 75.0 Å². The Kier molecular flexibility index (Phi) is 1.99. The predicted octanol–water partition coefficient (Wildman–Crippen LogP) is 0.233. The molecule has 1 aromatic rings. The summed E-state index contributed by atoms with van der Waals surface area (Å²) in [6, 6.07) is 8.67. The van der Waals surface area contributed by atoms with E-state index in [4.69, 9.17) is 0 Å². The van der Waals surface area contributed by atoms with Crippen LogP contribution in [0.3, 0.4) is 0 Å². The molecule has 0 saturated carbocycles. The molecule has 2 heteroatoms. The van der Waals surface area contributed by atoms with E-state index in [0.29, 0.717) is 0 Å². The second-order valence-corrected chi connectivity index (χ2v) is 3.97. The zero-order valence-corrected chi connectivity index (χ0v) is 8.05. The van der Waals surface area contributed by atoms with Crippen LogP contribution < -0.4 is 3.92 Å². The summed E-state index contributed by atoms with van der Waals surface area (Å²) in [6.07, 6.45) is 2.56. The number of para-hydroxylation sites is 1. The van der Waals surface area contributed by atoms with Gasteiger partial charge in [0.25, 0.3) is 0 Å². The molecule has 1 aliphatic heterocycles. The summed E-state index contributed by atoms with van der Waals surface area (Å²) < 4.78 is 1.44. The number of rotatable bonds is 0. The van der Waals surface area contributed by atoms with Crippen LogP contribution in [-0.2, 0) is 6.42 Å². The van der Waals surface area contributed by atoms with E-state index in [1.807, 2.05) is 0 Å². The summed E-state index contributed by atoms with van der Waals surface area (Å²) in [5.41, 5.74) is 2.95. The SMILES string of the molecule is [Se-][NH+]1CCCc2ccccc21. The van der Waals surface area contributed by atoms with Gasteiger partial charge in [0.2, 0.25) is 0 Å². The van der Waals surface area contributed by atoms with Crippen molar-refractivity contribution in [1.82, 2.24) is 0 Å². The Hall–Kier alpha value is -0.301. The summed E-state index contributed by atoms with van der Waals surface area (Å²) in [5, 5.41) is 0. The molecule has 0 fully saturated rings. The molecule has 0 aromatic heterocycles. The van der Waals surface area contributed by atoms with Crippen molar-refractivity contribution in [3.63, 3.8) is 0 Å². The molecule has 0 spiro atoms. The monoisotopic (exact) mass is 213 g/mol. The van der Waals surface area contributed by atoms with E-state index in [1.54, 1.807) is 0 Å². The van der Waals surface area contributed by atoms with Gasteiger partial charge in [0.1, 0.15) is 0 Å². The molecular weight excluding hydrogens is 201 g/mol. The van der Waals surface area contributed by atoms with Crippen LogP contribution in [0, 0.1) is 0 Å². The van der Waals surface area contributed by atoms with Gasteiger partial charge < -0.3 is 0 Å². The Labute approximate surface area is 75.4 Å². The number of fused-ring (bicyclic) bond motifs is 1. The van der Waals surface area contributed by atoms with E-state index in [2.05, 4.69) is 40.5 Å². The third kappa shape index (κ3) is 1.34. The maximum atomic E-state index is 3.15. The third-order valence-electron chi connectivity index (χ3n) is 2.17. The number of benzene rings is 1. The first kappa shape index (κ1) is 7.35. The first-order valence-electron chi connectivity index (χ1n) is 3.99. The molecule has 2 rings (SSSR count). The standard InChI is InChI=1S/C9H11NSe/c11-10-7-3-5-8-4-1-2-6-9(8)10/h1-2,4,6,10H,3,5,7H2. The number of hydrogen-bond donors (Lipinski definition) is 1. The van der Waals surface area contributed by atoms with Crippen LogP contribution in [0.4, 0.5) is 5.69 Å². The van der Waals surface area contributed by atoms with Crippen LogP contribution in [-0.4, -0.2) is 22.8 Å². The first-order chi connectivity index (χ1) is 5.38. The summed E-state index contributed by atoms with van der Waals surface area (Å²) in [5.74, 6) is 0. The number of nitrogens with one attached hydrogen (secondary N) is 1. The quantitative estimate of drug-likeness (QED) is 0.587. The van der Waals surface area contributed by atoms with E-state index in [1.165, 1.54) is 34.6 Å². The van der Waals surface area contributed by atoms with Crippen LogP contribution in [0.25, 0.3) is 0 Å². The van der Waals surface area contributed by atoms with Gasteiger partial charge in [0.15, 0.2) is 0 Å². The van der Waals surface area contributed by atoms with Gasteiger partial charge in [0.05, 0.1) is 0 Å². The summed E-state index contributed by atoms with van der Waals surface area (Å²) in [6.45, 7) is 1.23. The Morgan fingerprint density at radius 2 is 2.09 bits per heavy atom. The minimum atomic E-state index is 1.23. The molecule has 1 aromatic carbocycles.